The summed E-state index contributed by atoms with van der Waals surface area (Å²) in [6.45, 7) is 1.90. The minimum absolute atomic E-state index is 0.122. The molecule has 0 aliphatic rings. The second-order valence-corrected chi connectivity index (χ2v) is 6.76. The van der Waals surface area contributed by atoms with Crippen LogP contribution in [0.4, 0.5) is 0 Å². The first-order chi connectivity index (χ1) is 11.7. The van der Waals surface area contributed by atoms with Crippen molar-refractivity contribution < 1.29 is 4.79 Å². The number of nitrogens with zero attached hydrogens (tertiary/aromatic N) is 1. The molecule has 0 radical (unpaired) electrons. The average molecular weight is 378 g/mol. The molecule has 1 aromatic heterocycles. The highest BCUT2D eigenvalue weighted by Crippen LogP contribution is 2.33. The highest BCUT2D eigenvalue weighted by Gasteiger charge is 2.15. The van der Waals surface area contributed by atoms with E-state index in [2.05, 4.69) is 52.3 Å². The van der Waals surface area contributed by atoms with Crippen molar-refractivity contribution in [3.8, 4) is 11.1 Å². The zero-order chi connectivity index (χ0) is 16.7. The van der Waals surface area contributed by atoms with Gasteiger partial charge >= 0.3 is 0 Å². The van der Waals surface area contributed by atoms with Gasteiger partial charge in [-0.05, 0) is 41.5 Å². The van der Waals surface area contributed by atoms with Crippen molar-refractivity contribution in [3.05, 3.63) is 71.2 Å². The Kier molecular flexibility index (Phi) is 3.73. The maximum absolute atomic E-state index is 12.5. The number of hydrogen-bond donors (Lipinski definition) is 0. The second kappa shape index (κ2) is 5.91. The van der Waals surface area contributed by atoms with Crippen LogP contribution in [0.15, 0.2) is 71.2 Å². The monoisotopic (exact) mass is 377 g/mol. The zero-order valence-electron chi connectivity index (χ0n) is 13.3. The van der Waals surface area contributed by atoms with Crippen LogP contribution in [0, 0.1) is 0 Å². The molecule has 24 heavy (non-hydrogen) atoms. The normalized spacial score (nSPS) is 11.2. The van der Waals surface area contributed by atoms with E-state index in [-0.39, 0.29) is 5.91 Å². The fourth-order valence-electron chi connectivity index (χ4n) is 3.25. The van der Waals surface area contributed by atoms with Gasteiger partial charge in [0.2, 0.25) is 5.91 Å². The van der Waals surface area contributed by atoms with Crippen molar-refractivity contribution in [1.29, 1.82) is 0 Å². The van der Waals surface area contributed by atoms with Gasteiger partial charge in [0, 0.05) is 21.7 Å². The molecule has 0 bridgehead atoms. The third-order valence-corrected chi connectivity index (χ3v) is 4.88. The fourth-order valence-corrected chi connectivity index (χ4v) is 3.65. The summed E-state index contributed by atoms with van der Waals surface area (Å²) in [5, 5.41) is 2.23. The van der Waals surface area contributed by atoms with Crippen LogP contribution in [0.3, 0.4) is 0 Å². The Morgan fingerprint density at radius 1 is 0.875 bits per heavy atom. The molecule has 1 heterocycles. The highest BCUT2D eigenvalue weighted by atomic mass is 79.9. The van der Waals surface area contributed by atoms with Crippen molar-refractivity contribution in [2.75, 3.05) is 0 Å². The van der Waals surface area contributed by atoms with E-state index >= 15 is 0 Å². The first-order valence-corrected chi connectivity index (χ1v) is 8.80. The van der Waals surface area contributed by atoms with Gasteiger partial charge in [-0.1, -0.05) is 59.3 Å². The summed E-state index contributed by atoms with van der Waals surface area (Å²) in [5.74, 6) is 0.122. The SMILES string of the molecule is CCC(=O)n1c2ccccc2c2cc(-c3cccc(Br)c3)ccc21. The van der Waals surface area contributed by atoms with Crippen LogP contribution in [0.5, 0.6) is 0 Å². The predicted molar refractivity (Wildman–Crippen MR) is 103 cm³/mol. The van der Waals surface area contributed by atoms with Crippen LogP contribution in [-0.2, 0) is 0 Å². The first-order valence-electron chi connectivity index (χ1n) is 8.01. The maximum Gasteiger partial charge on any atom is 0.231 e. The molecule has 0 aliphatic carbocycles. The zero-order valence-corrected chi connectivity index (χ0v) is 14.9. The number of carbonyl (C=O) groups is 1. The molecule has 0 N–H and O–H groups in total. The Morgan fingerprint density at radius 3 is 2.42 bits per heavy atom. The molecule has 0 saturated heterocycles. The molecule has 2 nitrogen and oxygen atoms in total. The van der Waals surface area contributed by atoms with Crippen molar-refractivity contribution in [1.82, 2.24) is 4.57 Å². The number of fused-ring (bicyclic) bond motifs is 3. The Bertz CT molecular complexity index is 1080. The van der Waals surface area contributed by atoms with E-state index < -0.39 is 0 Å². The van der Waals surface area contributed by atoms with Gasteiger partial charge in [-0.3, -0.25) is 9.36 Å². The van der Waals surface area contributed by atoms with E-state index in [0.717, 1.165) is 37.4 Å². The largest absolute Gasteiger partial charge is 0.280 e. The van der Waals surface area contributed by atoms with E-state index in [0.29, 0.717) is 6.42 Å². The lowest BCUT2D eigenvalue weighted by Gasteiger charge is -2.05. The lowest BCUT2D eigenvalue weighted by molar-refractivity contribution is 0.0919. The Balaban J connectivity index is 2.04. The molecular formula is C21H16BrNO. The molecular weight excluding hydrogens is 362 g/mol. The first kappa shape index (κ1) is 15.2. The van der Waals surface area contributed by atoms with Gasteiger partial charge in [-0.2, -0.15) is 0 Å². The molecule has 0 amide bonds. The minimum atomic E-state index is 0.122. The molecule has 3 heteroatoms. The Labute approximate surface area is 148 Å². The number of aromatic nitrogens is 1. The molecule has 118 valence electrons. The smallest absolute Gasteiger partial charge is 0.231 e. The fraction of sp³-hybridized carbons (Fsp3) is 0.0952. The van der Waals surface area contributed by atoms with Gasteiger partial charge in [0.1, 0.15) is 0 Å². The molecule has 0 fully saturated rings. The van der Waals surface area contributed by atoms with Crippen molar-refractivity contribution >= 4 is 43.6 Å². The van der Waals surface area contributed by atoms with Gasteiger partial charge < -0.3 is 0 Å². The topological polar surface area (TPSA) is 22.0 Å². The van der Waals surface area contributed by atoms with Crippen molar-refractivity contribution in [2.45, 2.75) is 13.3 Å². The number of para-hydroxylation sites is 1. The summed E-state index contributed by atoms with van der Waals surface area (Å²) in [7, 11) is 0. The molecule has 0 aliphatic heterocycles. The summed E-state index contributed by atoms with van der Waals surface area (Å²) < 4.78 is 2.90. The average Bonchev–Trinajstić information content (AvgIpc) is 2.95. The molecule has 4 aromatic rings. The summed E-state index contributed by atoms with van der Waals surface area (Å²) >= 11 is 3.53. The summed E-state index contributed by atoms with van der Waals surface area (Å²) in [6.07, 6.45) is 0.487. The molecule has 0 spiro atoms. The Morgan fingerprint density at radius 2 is 1.62 bits per heavy atom. The maximum atomic E-state index is 12.5. The van der Waals surface area contributed by atoms with Crippen LogP contribution < -0.4 is 0 Å². The number of rotatable bonds is 2. The van der Waals surface area contributed by atoms with E-state index in [9.17, 15) is 4.79 Å². The van der Waals surface area contributed by atoms with Crippen molar-refractivity contribution in [2.24, 2.45) is 0 Å². The summed E-state index contributed by atoms with van der Waals surface area (Å²) in [4.78, 5) is 12.5. The van der Waals surface area contributed by atoms with Gasteiger partial charge in [0.15, 0.2) is 0 Å². The second-order valence-electron chi connectivity index (χ2n) is 5.84. The molecule has 0 saturated carbocycles. The lowest BCUT2D eigenvalue weighted by atomic mass is 10.0. The summed E-state index contributed by atoms with van der Waals surface area (Å²) in [5.41, 5.74) is 4.26. The predicted octanol–water partition coefficient (Wildman–Crippen LogP) is 6.27. The number of benzene rings is 3. The van der Waals surface area contributed by atoms with E-state index in [1.54, 1.807) is 0 Å². The van der Waals surface area contributed by atoms with Crippen LogP contribution in [0.25, 0.3) is 32.9 Å². The van der Waals surface area contributed by atoms with Crippen molar-refractivity contribution in [3.63, 3.8) is 0 Å². The van der Waals surface area contributed by atoms with Crippen LogP contribution in [0.1, 0.15) is 18.1 Å². The van der Waals surface area contributed by atoms with Crippen LogP contribution >= 0.6 is 15.9 Å². The minimum Gasteiger partial charge on any atom is -0.280 e. The third-order valence-electron chi connectivity index (χ3n) is 4.38. The third kappa shape index (κ3) is 2.36. The quantitative estimate of drug-likeness (QED) is 0.403. The molecule has 3 aromatic carbocycles. The standard InChI is InChI=1S/C21H16BrNO/c1-2-21(24)23-19-9-4-3-8-17(19)18-13-15(10-11-20(18)23)14-6-5-7-16(22)12-14/h3-13H,2H2,1H3. The van der Waals surface area contributed by atoms with E-state index in [4.69, 9.17) is 0 Å². The summed E-state index contributed by atoms with van der Waals surface area (Å²) in [6, 6.07) is 22.7. The highest BCUT2D eigenvalue weighted by molar-refractivity contribution is 9.10. The molecule has 4 rings (SSSR count). The van der Waals surface area contributed by atoms with Gasteiger partial charge in [-0.15, -0.1) is 0 Å². The Hall–Kier alpha value is -2.39. The number of hydrogen-bond acceptors (Lipinski definition) is 1. The number of carbonyl (C=O) groups excluding carboxylic acids is 1. The molecule has 0 unspecified atom stereocenters. The van der Waals surface area contributed by atoms with Gasteiger partial charge in [0.05, 0.1) is 11.0 Å². The lowest BCUT2D eigenvalue weighted by Crippen LogP contribution is -2.08. The van der Waals surface area contributed by atoms with E-state index in [1.165, 1.54) is 0 Å². The van der Waals surface area contributed by atoms with Gasteiger partial charge in [-0.25, -0.2) is 0 Å². The molecule has 0 atom stereocenters. The van der Waals surface area contributed by atoms with Crippen LogP contribution in [-0.4, -0.2) is 10.5 Å². The number of halogens is 1. The van der Waals surface area contributed by atoms with E-state index in [1.807, 2.05) is 41.8 Å². The van der Waals surface area contributed by atoms with Crippen LogP contribution in [0.2, 0.25) is 0 Å². The van der Waals surface area contributed by atoms with Gasteiger partial charge in [0.25, 0.3) is 0 Å².